The summed E-state index contributed by atoms with van der Waals surface area (Å²) in [5.74, 6) is 0.267. The average Bonchev–Trinajstić information content (AvgIpc) is 3.18. The third-order valence-electron chi connectivity index (χ3n) is 3.79. The van der Waals surface area contributed by atoms with Crippen LogP contribution in [0.25, 0.3) is 11.1 Å². The van der Waals surface area contributed by atoms with E-state index in [0.717, 1.165) is 24.1 Å². The molecule has 2 N–H and O–H groups in total. The summed E-state index contributed by atoms with van der Waals surface area (Å²) < 4.78 is 0. The standard InChI is InChI=1S/C15H17N3O2/c19-10-11-5-6-18(9-11)15(20)13-3-1-12(2-4-13)14-7-16-17-8-14/h1-4,7-8,11,19H,5-6,9-10H2,(H,16,17). The van der Waals surface area contributed by atoms with Crippen LogP contribution < -0.4 is 0 Å². The van der Waals surface area contributed by atoms with E-state index >= 15 is 0 Å². The Labute approximate surface area is 117 Å². The third kappa shape index (κ3) is 2.44. The number of aliphatic hydroxyl groups excluding tert-OH is 1. The molecule has 0 aliphatic carbocycles. The van der Waals surface area contributed by atoms with Crippen LogP contribution in [0.5, 0.6) is 0 Å². The van der Waals surface area contributed by atoms with Crippen LogP contribution in [0.3, 0.4) is 0 Å². The Balaban J connectivity index is 1.73. The molecule has 20 heavy (non-hydrogen) atoms. The molecule has 0 spiro atoms. The van der Waals surface area contributed by atoms with E-state index in [2.05, 4.69) is 10.2 Å². The van der Waals surface area contributed by atoms with Gasteiger partial charge in [-0.05, 0) is 24.1 Å². The number of aliphatic hydroxyl groups is 1. The molecular formula is C15H17N3O2. The summed E-state index contributed by atoms with van der Waals surface area (Å²) in [5, 5.41) is 15.8. The highest BCUT2D eigenvalue weighted by molar-refractivity contribution is 5.94. The lowest BCUT2D eigenvalue weighted by atomic mass is 10.1. The van der Waals surface area contributed by atoms with E-state index in [-0.39, 0.29) is 18.4 Å². The first-order chi connectivity index (χ1) is 9.78. The second kappa shape index (κ2) is 5.46. The summed E-state index contributed by atoms with van der Waals surface area (Å²) >= 11 is 0. The van der Waals surface area contributed by atoms with E-state index < -0.39 is 0 Å². The summed E-state index contributed by atoms with van der Waals surface area (Å²) in [5.41, 5.74) is 2.73. The van der Waals surface area contributed by atoms with Gasteiger partial charge in [-0.25, -0.2) is 0 Å². The third-order valence-corrected chi connectivity index (χ3v) is 3.79. The van der Waals surface area contributed by atoms with E-state index in [1.165, 1.54) is 0 Å². The van der Waals surface area contributed by atoms with Crippen LogP contribution in [0.2, 0.25) is 0 Å². The first kappa shape index (κ1) is 12.9. The zero-order valence-electron chi connectivity index (χ0n) is 11.1. The van der Waals surface area contributed by atoms with Crippen LogP contribution in [0.1, 0.15) is 16.8 Å². The minimum atomic E-state index is 0.0414. The molecule has 2 aromatic rings. The molecule has 1 atom stereocenters. The Hall–Kier alpha value is -2.14. The predicted octanol–water partition coefficient (Wildman–Crippen LogP) is 1.53. The zero-order valence-corrected chi connectivity index (χ0v) is 11.1. The zero-order chi connectivity index (χ0) is 13.9. The largest absolute Gasteiger partial charge is 0.396 e. The minimum Gasteiger partial charge on any atom is -0.396 e. The van der Waals surface area contributed by atoms with E-state index in [9.17, 15) is 4.79 Å². The molecule has 1 aliphatic heterocycles. The van der Waals surface area contributed by atoms with Crippen molar-refractivity contribution in [3.63, 3.8) is 0 Å². The Bertz CT molecular complexity index is 578. The first-order valence-electron chi connectivity index (χ1n) is 6.77. The molecule has 2 heterocycles. The molecule has 1 amide bonds. The fourth-order valence-corrected chi connectivity index (χ4v) is 2.56. The van der Waals surface area contributed by atoms with E-state index in [1.807, 2.05) is 35.4 Å². The molecule has 1 aliphatic rings. The first-order valence-corrected chi connectivity index (χ1v) is 6.77. The van der Waals surface area contributed by atoms with Crippen LogP contribution in [-0.4, -0.2) is 45.8 Å². The molecule has 0 saturated carbocycles. The normalized spacial score (nSPS) is 18.4. The lowest BCUT2D eigenvalue weighted by molar-refractivity contribution is 0.0782. The van der Waals surface area contributed by atoms with Gasteiger partial charge in [-0.2, -0.15) is 5.10 Å². The molecule has 104 valence electrons. The van der Waals surface area contributed by atoms with Crippen molar-refractivity contribution in [1.29, 1.82) is 0 Å². The molecule has 0 radical (unpaired) electrons. The summed E-state index contributed by atoms with van der Waals surface area (Å²) in [4.78, 5) is 14.1. The van der Waals surface area contributed by atoms with Crippen molar-refractivity contribution < 1.29 is 9.90 Å². The van der Waals surface area contributed by atoms with Crippen LogP contribution in [-0.2, 0) is 0 Å². The Morgan fingerprint density at radius 1 is 1.35 bits per heavy atom. The van der Waals surface area contributed by atoms with Gasteiger partial charge in [-0.1, -0.05) is 12.1 Å². The second-order valence-corrected chi connectivity index (χ2v) is 5.15. The van der Waals surface area contributed by atoms with Crippen molar-refractivity contribution in [2.45, 2.75) is 6.42 Å². The minimum absolute atomic E-state index is 0.0414. The van der Waals surface area contributed by atoms with E-state index in [1.54, 1.807) is 6.20 Å². The van der Waals surface area contributed by atoms with Crippen LogP contribution >= 0.6 is 0 Å². The van der Waals surface area contributed by atoms with Gasteiger partial charge in [0.25, 0.3) is 5.91 Å². The molecule has 1 aromatic carbocycles. The van der Waals surface area contributed by atoms with Crippen molar-refractivity contribution in [2.24, 2.45) is 5.92 Å². The number of hydrogen-bond donors (Lipinski definition) is 2. The fourth-order valence-electron chi connectivity index (χ4n) is 2.56. The lowest BCUT2D eigenvalue weighted by Gasteiger charge is -2.16. The number of carbonyl (C=O) groups is 1. The molecule has 1 saturated heterocycles. The number of aromatic nitrogens is 2. The van der Waals surface area contributed by atoms with Crippen molar-refractivity contribution in [2.75, 3.05) is 19.7 Å². The number of aromatic amines is 1. The van der Waals surface area contributed by atoms with Gasteiger partial charge in [0.05, 0.1) is 6.20 Å². The molecule has 1 aromatic heterocycles. The highest BCUT2D eigenvalue weighted by Crippen LogP contribution is 2.21. The van der Waals surface area contributed by atoms with Gasteiger partial charge in [0.2, 0.25) is 0 Å². The Morgan fingerprint density at radius 2 is 2.15 bits per heavy atom. The van der Waals surface area contributed by atoms with Gasteiger partial charge in [0.15, 0.2) is 0 Å². The maximum absolute atomic E-state index is 12.3. The summed E-state index contributed by atoms with van der Waals surface area (Å²) in [6.45, 7) is 1.54. The quantitative estimate of drug-likeness (QED) is 0.889. The summed E-state index contributed by atoms with van der Waals surface area (Å²) in [7, 11) is 0. The average molecular weight is 271 g/mol. The molecule has 1 unspecified atom stereocenters. The lowest BCUT2D eigenvalue weighted by Crippen LogP contribution is -2.29. The number of amides is 1. The number of nitrogens with one attached hydrogen (secondary N) is 1. The van der Waals surface area contributed by atoms with Crippen LogP contribution in [0.15, 0.2) is 36.7 Å². The van der Waals surface area contributed by atoms with Crippen molar-refractivity contribution in [3.05, 3.63) is 42.2 Å². The smallest absolute Gasteiger partial charge is 0.253 e. The predicted molar refractivity (Wildman–Crippen MR) is 75.1 cm³/mol. The van der Waals surface area contributed by atoms with Gasteiger partial charge in [-0.15, -0.1) is 0 Å². The number of rotatable bonds is 3. The van der Waals surface area contributed by atoms with Gasteiger partial charge in [0.1, 0.15) is 0 Å². The second-order valence-electron chi connectivity index (χ2n) is 5.15. The van der Waals surface area contributed by atoms with Gasteiger partial charge in [0, 0.05) is 42.9 Å². The van der Waals surface area contributed by atoms with Gasteiger partial charge < -0.3 is 10.0 Å². The number of likely N-dealkylation sites (tertiary alicyclic amines) is 1. The SMILES string of the molecule is O=C(c1ccc(-c2cn[nH]c2)cc1)N1CCC(CO)C1. The van der Waals surface area contributed by atoms with Crippen molar-refractivity contribution in [3.8, 4) is 11.1 Å². The van der Waals surface area contributed by atoms with Gasteiger partial charge >= 0.3 is 0 Å². The number of carbonyl (C=O) groups excluding carboxylic acids is 1. The molecule has 5 heteroatoms. The highest BCUT2D eigenvalue weighted by atomic mass is 16.3. The monoisotopic (exact) mass is 271 g/mol. The molecule has 3 rings (SSSR count). The van der Waals surface area contributed by atoms with Crippen LogP contribution in [0, 0.1) is 5.92 Å². The van der Waals surface area contributed by atoms with E-state index in [0.29, 0.717) is 12.1 Å². The number of nitrogens with zero attached hydrogens (tertiary/aromatic N) is 2. The molecule has 1 fully saturated rings. The molecule has 0 bridgehead atoms. The number of benzene rings is 1. The van der Waals surface area contributed by atoms with E-state index in [4.69, 9.17) is 5.11 Å². The topological polar surface area (TPSA) is 69.2 Å². The highest BCUT2D eigenvalue weighted by Gasteiger charge is 2.26. The van der Waals surface area contributed by atoms with Crippen molar-refractivity contribution >= 4 is 5.91 Å². The summed E-state index contributed by atoms with van der Waals surface area (Å²) in [6.07, 6.45) is 4.46. The number of hydrogen-bond acceptors (Lipinski definition) is 3. The fraction of sp³-hybridized carbons (Fsp3) is 0.333. The molecular weight excluding hydrogens is 254 g/mol. The maximum Gasteiger partial charge on any atom is 0.253 e. The number of H-pyrrole nitrogens is 1. The van der Waals surface area contributed by atoms with Gasteiger partial charge in [-0.3, -0.25) is 9.89 Å². The maximum atomic E-state index is 12.3. The molecule has 5 nitrogen and oxygen atoms in total. The Morgan fingerprint density at radius 3 is 2.75 bits per heavy atom. The van der Waals surface area contributed by atoms with Crippen LogP contribution in [0.4, 0.5) is 0 Å². The summed E-state index contributed by atoms with van der Waals surface area (Å²) in [6, 6.07) is 7.54. The Kier molecular flexibility index (Phi) is 3.52. The van der Waals surface area contributed by atoms with Crippen molar-refractivity contribution in [1.82, 2.24) is 15.1 Å².